The summed E-state index contributed by atoms with van der Waals surface area (Å²) in [6.45, 7) is 1.59. The van der Waals surface area contributed by atoms with Crippen LogP contribution in [-0.4, -0.2) is 52.0 Å². The van der Waals surface area contributed by atoms with Crippen molar-refractivity contribution < 1.29 is 23.9 Å². The number of hydrogen-bond donors (Lipinski definition) is 1. The maximum atomic E-state index is 13.3. The minimum Gasteiger partial charge on any atom is -0.497 e. The third kappa shape index (κ3) is 3.61. The molecule has 1 N–H and O–H groups in total. The highest BCUT2D eigenvalue weighted by Gasteiger charge is 2.24. The van der Waals surface area contributed by atoms with E-state index in [4.69, 9.17) is 19.2 Å². The van der Waals surface area contributed by atoms with E-state index in [2.05, 4.69) is 14.1 Å². The number of likely N-dealkylation sites (N-methyl/N-ethyl adjacent to an activating group) is 1. The highest BCUT2D eigenvalue weighted by atomic mass is 32.1. The summed E-state index contributed by atoms with van der Waals surface area (Å²) in [4.78, 5) is 21.0. The van der Waals surface area contributed by atoms with Crippen LogP contribution in [0, 0.1) is 0 Å². The van der Waals surface area contributed by atoms with Crippen LogP contribution in [0.5, 0.6) is 17.2 Å². The number of nitrogens with zero attached hydrogens (tertiary/aromatic N) is 2. The molecule has 2 heterocycles. The quantitative estimate of drug-likeness (QED) is 0.684. The molecule has 1 aliphatic heterocycles. The Balaban J connectivity index is 1.71. The van der Waals surface area contributed by atoms with Crippen LogP contribution in [0.3, 0.4) is 0 Å². The lowest BCUT2D eigenvalue weighted by Gasteiger charge is -2.21. The van der Waals surface area contributed by atoms with Crippen molar-refractivity contribution in [2.45, 2.75) is 0 Å². The Bertz CT molecular complexity index is 977. The van der Waals surface area contributed by atoms with Gasteiger partial charge in [0.2, 0.25) is 6.79 Å². The Morgan fingerprint density at radius 2 is 2.04 bits per heavy atom. The average Bonchev–Trinajstić information content (AvgIpc) is 3.31. The molecule has 0 atom stereocenters. The van der Waals surface area contributed by atoms with E-state index in [-0.39, 0.29) is 12.7 Å². The lowest BCUT2D eigenvalue weighted by Crippen LogP contribution is -3.06. The third-order valence-electron chi connectivity index (χ3n) is 4.50. The molecule has 0 radical (unpaired) electrons. The number of ether oxygens (including phenoxy) is 3. The predicted molar refractivity (Wildman–Crippen MR) is 108 cm³/mol. The highest BCUT2D eigenvalue weighted by Crippen LogP contribution is 2.40. The van der Waals surface area contributed by atoms with Crippen molar-refractivity contribution >= 4 is 32.6 Å². The first-order valence-corrected chi connectivity index (χ1v) is 9.82. The number of rotatable bonds is 6. The summed E-state index contributed by atoms with van der Waals surface area (Å²) >= 11 is 1.47. The van der Waals surface area contributed by atoms with Gasteiger partial charge in [-0.2, -0.15) is 0 Å². The Labute approximate surface area is 167 Å². The lowest BCUT2D eigenvalue weighted by molar-refractivity contribution is -0.856. The predicted octanol–water partition coefficient (Wildman–Crippen LogP) is 1.82. The summed E-state index contributed by atoms with van der Waals surface area (Å²) in [5.74, 6) is 1.96. The maximum absolute atomic E-state index is 13.3. The van der Waals surface area contributed by atoms with E-state index in [9.17, 15) is 4.79 Å². The van der Waals surface area contributed by atoms with E-state index >= 15 is 0 Å². The number of nitrogens with one attached hydrogen (secondary N) is 1. The molecule has 0 fully saturated rings. The molecule has 1 aromatic heterocycles. The number of benzene rings is 2. The number of quaternary nitrogens is 1. The molecule has 2 aromatic carbocycles. The second kappa shape index (κ2) is 7.65. The highest BCUT2D eigenvalue weighted by molar-refractivity contribution is 7.22. The first-order valence-electron chi connectivity index (χ1n) is 9.00. The van der Waals surface area contributed by atoms with Gasteiger partial charge in [-0.05, 0) is 18.2 Å². The Kier molecular flexibility index (Phi) is 5.06. The van der Waals surface area contributed by atoms with Gasteiger partial charge in [0.25, 0.3) is 5.91 Å². The zero-order valence-corrected chi connectivity index (χ0v) is 16.8. The van der Waals surface area contributed by atoms with E-state index in [1.54, 1.807) is 24.1 Å². The monoisotopic (exact) mass is 400 g/mol. The SMILES string of the molecule is COc1cccc(C(=O)N(CC[NH+](C)C)c2nc3cc4c(cc3s2)OCO4)c1. The summed E-state index contributed by atoms with van der Waals surface area (Å²) in [6, 6.07) is 11.0. The van der Waals surface area contributed by atoms with E-state index in [0.29, 0.717) is 34.5 Å². The lowest BCUT2D eigenvalue weighted by atomic mass is 10.2. The first kappa shape index (κ1) is 18.5. The molecule has 3 aromatic rings. The molecule has 146 valence electrons. The maximum Gasteiger partial charge on any atom is 0.260 e. The smallest absolute Gasteiger partial charge is 0.260 e. The molecule has 0 unspecified atom stereocenters. The summed E-state index contributed by atoms with van der Waals surface area (Å²) < 4.78 is 17.1. The van der Waals surface area contributed by atoms with Crippen molar-refractivity contribution in [3.8, 4) is 17.2 Å². The summed E-state index contributed by atoms with van der Waals surface area (Å²) in [5.41, 5.74) is 1.37. The summed E-state index contributed by atoms with van der Waals surface area (Å²) in [6.07, 6.45) is 0. The fraction of sp³-hybridized carbons (Fsp3) is 0.300. The second-order valence-electron chi connectivity index (χ2n) is 6.82. The molecular formula is C20H22N3O4S+. The number of anilines is 1. The van der Waals surface area contributed by atoms with Crippen molar-refractivity contribution in [3.63, 3.8) is 0 Å². The van der Waals surface area contributed by atoms with Crippen molar-refractivity contribution in [2.75, 3.05) is 46.0 Å². The molecule has 0 saturated heterocycles. The number of hydrogen-bond acceptors (Lipinski definition) is 6. The molecule has 4 rings (SSSR count). The Hall–Kier alpha value is -2.84. The first-order chi connectivity index (χ1) is 13.5. The van der Waals surface area contributed by atoms with Gasteiger partial charge < -0.3 is 19.1 Å². The second-order valence-corrected chi connectivity index (χ2v) is 7.82. The molecule has 0 bridgehead atoms. The van der Waals surface area contributed by atoms with Crippen molar-refractivity contribution in [2.24, 2.45) is 0 Å². The van der Waals surface area contributed by atoms with Gasteiger partial charge in [0.15, 0.2) is 16.6 Å². The van der Waals surface area contributed by atoms with Crippen LogP contribution >= 0.6 is 11.3 Å². The molecule has 1 amide bonds. The number of amides is 1. The van der Waals surface area contributed by atoms with Gasteiger partial charge >= 0.3 is 0 Å². The molecule has 1 aliphatic rings. The summed E-state index contributed by atoms with van der Waals surface area (Å²) in [7, 11) is 5.71. The minimum atomic E-state index is -0.0979. The third-order valence-corrected chi connectivity index (χ3v) is 5.54. The molecule has 0 saturated carbocycles. The van der Waals surface area contributed by atoms with E-state index in [1.807, 2.05) is 24.3 Å². The average molecular weight is 400 g/mol. The largest absolute Gasteiger partial charge is 0.497 e. The molecular weight excluding hydrogens is 378 g/mol. The standard InChI is InChI=1S/C20H21N3O4S/c1-22(2)7-8-23(19(24)13-5-4-6-14(9-13)25-3)20-21-15-10-16-17(27-12-26-16)11-18(15)28-20/h4-6,9-11H,7-8,12H2,1-3H3/p+1. The number of carbonyl (C=O) groups is 1. The van der Waals surface area contributed by atoms with Gasteiger partial charge in [0.1, 0.15) is 5.75 Å². The number of fused-ring (bicyclic) bond motifs is 2. The fourth-order valence-corrected chi connectivity index (χ4v) is 3.95. The topological polar surface area (TPSA) is 65.3 Å². The number of methoxy groups -OCH3 is 1. The molecule has 0 aliphatic carbocycles. The number of carbonyl (C=O) groups excluding carboxylic acids is 1. The molecule has 8 heteroatoms. The number of thiazole rings is 1. The zero-order chi connectivity index (χ0) is 19.7. The van der Waals surface area contributed by atoms with Crippen LogP contribution in [-0.2, 0) is 0 Å². The van der Waals surface area contributed by atoms with Crippen LogP contribution in [0.15, 0.2) is 36.4 Å². The van der Waals surface area contributed by atoms with Gasteiger partial charge in [-0.1, -0.05) is 17.4 Å². The van der Waals surface area contributed by atoms with Gasteiger partial charge in [-0.25, -0.2) is 4.98 Å². The van der Waals surface area contributed by atoms with Crippen LogP contribution in [0.2, 0.25) is 0 Å². The van der Waals surface area contributed by atoms with Crippen LogP contribution < -0.4 is 24.0 Å². The van der Waals surface area contributed by atoms with Crippen LogP contribution in [0.1, 0.15) is 10.4 Å². The molecule has 0 spiro atoms. The minimum absolute atomic E-state index is 0.0979. The number of aromatic nitrogens is 1. The Morgan fingerprint density at radius 1 is 1.25 bits per heavy atom. The van der Waals surface area contributed by atoms with Crippen molar-refractivity contribution in [3.05, 3.63) is 42.0 Å². The molecule has 28 heavy (non-hydrogen) atoms. The van der Waals surface area contributed by atoms with Gasteiger partial charge in [0, 0.05) is 17.7 Å². The van der Waals surface area contributed by atoms with Crippen molar-refractivity contribution in [1.82, 2.24) is 4.98 Å². The van der Waals surface area contributed by atoms with Gasteiger partial charge in [-0.15, -0.1) is 0 Å². The van der Waals surface area contributed by atoms with Crippen LogP contribution in [0.4, 0.5) is 5.13 Å². The summed E-state index contributed by atoms with van der Waals surface area (Å²) in [5, 5.41) is 0.660. The zero-order valence-electron chi connectivity index (χ0n) is 16.0. The van der Waals surface area contributed by atoms with E-state index in [1.165, 1.54) is 16.2 Å². The van der Waals surface area contributed by atoms with Crippen molar-refractivity contribution in [1.29, 1.82) is 0 Å². The van der Waals surface area contributed by atoms with Crippen LogP contribution in [0.25, 0.3) is 10.2 Å². The van der Waals surface area contributed by atoms with E-state index in [0.717, 1.165) is 16.8 Å². The Morgan fingerprint density at radius 3 is 2.79 bits per heavy atom. The van der Waals surface area contributed by atoms with E-state index < -0.39 is 0 Å². The fourth-order valence-electron chi connectivity index (χ4n) is 2.95. The molecule has 7 nitrogen and oxygen atoms in total. The normalized spacial score (nSPS) is 12.6. The van der Waals surface area contributed by atoms with Gasteiger partial charge in [0.05, 0.1) is 44.5 Å². The van der Waals surface area contributed by atoms with Gasteiger partial charge in [-0.3, -0.25) is 9.69 Å².